The molecule has 0 saturated carbocycles. The van der Waals surface area contributed by atoms with Gasteiger partial charge in [-0.2, -0.15) is 4.31 Å². The molecule has 6 nitrogen and oxygen atoms in total. The van der Waals surface area contributed by atoms with Crippen LogP contribution in [0, 0.1) is 0 Å². The van der Waals surface area contributed by atoms with Gasteiger partial charge in [-0.1, -0.05) is 12.1 Å². The van der Waals surface area contributed by atoms with Crippen LogP contribution in [0.15, 0.2) is 29.2 Å². The van der Waals surface area contributed by atoms with E-state index < -0.39 is 15.6 Å². The molecule has 1 amide bonds. The Morgan fingerprint density at radius 3 is 2.60 bits per heavy atom. The zero-order valence-electron chi connectivity index (χ0n) is 11.8. The summed E-state index contributed by atoms with van der Waals surface area (Å²) in [6.45, 7) is 3.81. The molecule has 2 N–H and O–H groups in total. The van der Waals surface area contributed by atoms with Crippen LogP contribution in [0.25, 0.3) is 0 Å². The Morgan fingerprint density at radius 2 is 1.95 bits per heavy atom. The fourth-order valence-corrected chi connectivity index (χ4v) is 4.27. The highest BCUT2D eigenvalue weighted by Gasteiger charge is 2.45. The van der Waals surface area contributed by atoms with E-state index >= 15 is 0 Å². The number of piperazine rings is 1. The van der Waals surface area contributed by atoms with Crippen molar-refractivity contribution in [2.75, 3.05) is 25.5 Å². The Hall–Kier alpha value is -1.60. The first kappa shape index (κ1) is 14.8. The van der Waals surface area contributed by atoms with E-state index in [1.165, 1.54) is 4.31 Å². The summed E-state index contributed by atoms with van der Waals surface area (Å²) in [4.78, 5) is 12.1. The topological polar surface area (TPSA) is 78.5 Å². The van der Waals surface area contributed by atoms with Gasteiger partial charge in [0.15, 0.2) is 0 Å². The second-order valence-electron chi connectivity index (χ2n) is 5.14. The fraction of sp³-hybridized carbons (Fsp3) is 0.462. The summed E-state index contributed by atoms with van der Waals surface area (Å²) in [5.74, 6) is -0.283. The maximum atomic E-state index is 12.8. The molecule has 0 bridgehead atoms. The summed E-state index contributed by atoms with van der Waals surface area (Å²) in [6.07, 6.45) is 0. The predicted molar refractivity (Wildman–Crippen MR) is 77.0 cm³/mol. The van der Waals surface area contributed by atoms with E-state index in [9.17, 15) is 13.2 Å². The molecule has 1 aliphatic heterocycles. The van der Waals surface area contributed by atoms with Crippen molar-refractivity contribution in [3.05, 3.63) is 24.3 Å². The molecule has 0 unspecified atom stereocenters. The van der Waals surface area contributed by atoms with E-state index in [2.05, 4.69) is 10.6 Å². The molecule has 1 aromatic carbocycles. The maximum Gasteiger partial charge on any atom is 0.246 e. The molecule has 1 heterocycles. The van der Waals surface area contributed by atoms with Crippen LogP contribution in [-0.2, 0) is 14.8 Å². The predicted octanol–water partition coefficient (Wildman–Crippen LogP) is 0.627. The van der Waals surface area contributed by atoms with Gasteiger partial charge in [-0.05, 0) is 26.0 Å². The molecule has 0 aromatic heterocycles. The average molecular weight is 297 g/mol. The lowest BCUT2D eigenvalue weighted by atomic mass is 10.0. The van der Waals surface area contributed by atoms with Gasteiger partial charge >= 0.3 is 0 Å². The smallest absolute Gasteiger partial charge is 0.246 e. The van der Waals surface area contributed by atoms with Crippen molar-refractivity contribution >= 4 is 21.6 Å². The molecule has 1 aliphatic rings. The molecule has 0 spiro atoms. The monoisotopic (exact) mass is 297 g/mol. The van der Waals surface area contributed by atoms with Gasteiger partial charge < -0.3 is 10.6 Å². The maximum absolute atomic E-state index is 12.8. The van der Waals surface area contributed by atoms with Crippen molar-refractivity contribution in [1.82, 2.24) is 9.62 Å². The molecule has 0 aliphatic carbocycles. The van der Waals surface area contributed by atoms with Crippen molar-refractivity contribution in [1.29, 1.82) is 0 Å². The van der Waals surface area contributed by atoms with Crippen LogP contribution in [0.5, 0.6) is 0 Å². The van der Waals surface area contributed by atoms with Gasteiger partial charge in [0.2, 0.25) is 15.9 Å². The van der Waals surface area contributed by atoms with Gasteiger partial charge in [0.25, 0.3) is 0 Å². The number of nitrogens with one attached hydrogen (secondary N) is 2. The molecule has 110 valence electrons. The van der Waals surface area contributed by atoms with Gasteiger partial charge in [-0.15, -0.1) is 0 Å². The largest absolute Gasteiger partial charge is 0.387 e. The number of sulfonamides is 1. The Bertz CT molecular complexity index is 626. The lowest BCUT2D eigenvalue weighted by Gasteiger charge is -2.40. The van der Waals surface area contributed by atoms with Gasteiger partial charge in [0.05, 0.1) is 5.69 Å². The number of nitrogens with zero attached hydrogens (tertiary/aromatic N) is 1. The summed E-state index contributed by atoms with van der Waals surface area (Å²) < 4.78 is 26.9. The number of amides is 1. The minimum atomic E-state index is -3.74. The zero-order chi connectivity index (χ0) is 15.0. The number of para-hydroxylation sites is 1. The molecular formula is C13H19N3O3S. The SMILES string of the molecule is CNc1ccccc1S(=O)(=O)N1CCNC(=O)C1(C)C. The van der Waals surface area contributed by atoms with Crippen molar-refractivity contribution < 1.29 is 13.2 Å². The lowest BCUT2D eigenvalue weighted by Crippen LogP contribution is -2.63. The number of hydrogen-bond donors (Lipinski definition) is 2. The van der Waals surface area contributed by atoms with E-state index in [1.807, 2.05) is 0 Å². The van der Waals surface area contributed by atoms with Crippen molar-refractivity contribution in [3.8, 4) is 0 Å². The highest BCUT2D eigenvalue weighted by molar-refractivity contribution is 7.89. The van der Waals surface area contributed by atoms with Crippen LogP contribution < -0.4 is 10.6 Å². The van der Waals surface area contributed by atoms with Gasteiger partial charge in [0.1, 0.15) is 10.4 Å². The molecular weight excluding hydrogens is 278 g/mol. The molecule has 7 heteroatoms. The third-order valence-electron chi connectivity index (χ3n) is 3.50. The van der Waals surface area contributed by atoms with Crippen molar-refractivity contribution in [2.45, 2.75) is 24.3 Å². The molecule has 1 saturated heterocycles. The quantitative estimate of drug-likeness (QED) is 0.857. The summed E-state index contributed by atoms with van der Waals surface area (Å²) in [5, 5.41) is 5.57. The molecule has 0 radical (unpaired) electrons. The van der Waals surface area contributed by atoms with Crippen LogP contribution in [-0.4, -0.2) is 44.3 Å². The summed E-state index contributed by atoms with van der Waals surface area (Å²) in [5.41, 5.74) is -0.577. The van der Waals surface area contributed by atoms with Gasteiger partial charge in [-0.25, -0.2) is 8.42 Å². The minimum Gasteiger partial charge on any atom is -0.387 e. The Labute approximate surface area is 119 Å². The van der Waals surface area contributed by atoms with Crippen molar-refractivity contribution in [3.63, 3.8) is 0 Å². The standard InChI is InChI=1S/C13H19N3O3S/c1-13(2)12(17)15-8-9-16(13)20(18,19)11-7-5-4-6-10(11)14-3/h4-7,14H,8-9H2,1-3H3,(H,15,17). The molecule has 1 fully saturated rings. The third kappa shape index (κ3) is 2.27. The first-order valence-electron chi connectivity index (χ1n) is 6.39. The number of benzene rings is 1. The molecule has 2 rings (SSSR count). The number of anilines is 1. The van der Waals surface area contributed by atoms with Crippen LogP contribution in [0.4, 0.5) is 5.69 Å². The Balaban J connectivity index is 2.52. The van der Waals surface area contributed by atoms with Crippen LogP contribution in [0.3, 0.4) is 0 Å². The highest BCUT2D eigenvalue weighted by atomic mass is 32.2. The average Bonchev–Trinajstić information content (AvgIpc) is 2.41. The van der Waals surface area contributed by atoms with Gasteiger partial charge in [-0.3, -0.25) is 4.79 Å². The fourth-order valence-electron chi connectivity index (χ4n) is 2.32. The van der Waals surface area contributed by atoms with Crippen LogP contribution in [0.2, 0.25) is 0 Å². The summed E-state index contributed by atoms with van der Waals surface area (Å²) >= 11 is 0. The Morgan fingerprint density at radius 1 is 1.30 bits per heavy atom. The lowest BCUT2D eigenvalue weighted by molar-refractivity contribution is -0.131. The molecule has 20 heavy (non-hydrogen) atoms. The van der Waals surface area contributed by atoms with E-state index in [-0.39, 0.29) is 17.3 Å². The summed E-state index contributed by atoms with van der Waals surface area (Å²) in [7, 11) is -2.07. The van der Waals surface area contributed by atoms with E-state index in [0.717, 1.165) is 0 Å². The third-order valence-corrected chi connectivity index (χ3v) is 5.64. The van der Waals surface area contributed by atoms with Crippen LogP contribution in [0.1, 0.15) is 13.8 Å². The molecule has 1 aromatic rings. The highest BCUT2D eigenvalue weighted by Crippen LogP contribution is 2.30. The first-order chi connectivity index (χ1) is 9.31. The normalized spacial score (nSPS) is 19.4. The minimum absolute atomic E-state index is 0.185. The van der Waals surface area contributed by atoms with E-state index in [0.29, 0.717) is 12.2 Å². The molecule has 0 atom stereocenters. The summed E-state index contributed by atoms with van der Waals surface area (Å²) in [6, 6.07) is 6.68. The second-order valence-corrected chi connectivity index (χ2v) is 6.97. The number of rotatable bonds is 3. The zero-order valence-corrected chi connectivity index (χ0v) is 12.6. The second kappa shape index (κ2) is 5.06. The number of carbonyl (C=O) groups excluding carboxylic acids is 1. The van der Waals surface area contributed by atoms with Gasteiger partial charge in [0, 0.05) is 20.1 Å². The van der Waals surface area contributed by atoms with E-state index in [1.54, 1.807) is 45.2 Å². The first-order valence-corrected chi connectivity index (χ1v) is 7.83. The number of hydrogen-bond acceptors (Lipinski definition) is 4. The van der Waals surface area contributed by atoms with Crippen LogP contribution >= 0.6 is 0 Å². The van der Waals surface area contributed by atoms with E-state index in [4.69, 9.17) is 0 Å². The van der Waals surface area contributed by atoms with Crippen molar-refractivity contribution in [2.24, 2.45) is 0 Å². The Kier molecular flexibility index (Phi) is 3.75. The number of carbonyl (C=O) groups is 1.